The predicted molar refractivity (Wildman–Crippen MR) is 76.6 cm³/mol. The van der Waals surface area contributed by atoms with Crippen molar-refractivity contribution in [1.82, 2.24) is 5.32 Å². The fraction of sp³-hybridized carbons (Fsp3) is 0.714. The molecule has 1 saturated heterocycles. The van der Waals surface area contributed by atoms with Crippen molar-refractivity contribution in [3.8, 4) is 0 Å². The summed E-state index contributed by atoms with van der Waals surface area (Å²) < 4.78 is 57.1. The van der Waals surface area contributed by atoms with Crippen LogP contribution in [0.1, 0.15) is 20.8 Å². The van der Waals surface area contributed by atoms with Gasteiger partial charge in [0.2, 0.25) is 0 Å². The van der Waals surface area contributed by atoms with Crippen LogP contribution in [-0.2, 0) is 38.1 Å². The van der Waals surface area contributed by atoms with Crippen molar-refractivity contribution >= 4 is 23.8 Å². The molecule has 10 nitrogen and oxygen atoms in total. The number of halogens is 3. The number of rotatable bonds is 5. The highest BCUT2D eigenvalue weighted by Crippen LogP contribution is 2.27. The number of aliphatic hydroxyl groups is 1. The summed E-state index contributed by atoms with van der Waals surface area (Å²) in [6, 6.07) is -1.92. The van der Waals surface area contributed by atoms with Gasteiger partial charge in [-0.3, -0.25) is 19.2 Å². The van der Waals surface area contributed by atoms with E-state index in [-0.39, 0.29) is 0 Å². The molecule has 1 rings (SSSR count). The van der Waals surface area contributed by atoms with Crippen LogP contribution in [0.3, 0.4) is 0 Å². The zero-order valence-electron chi connectivity index (χ0n) is 14.4. The second kappa shape index (κ2) is 8.99. The molecule has 0 spiro atoms. The lowest BCUT2D eigenvalue weighted by Gasteiger charge is -2.43. The fourth-order valence-electron chi connectivity index (χ4n) is 2.31. The highest BCUT2D eigenvalue weighted by atomic mass is 19.4. The van der Waals surface area contributed by atoms with Crippen molar-refractivity contribution in [2.45, 2.75) is 57.6 Å². The molecule has 1 fully saturated rings. The minimum atomic E-state index is -5.30. The number of esters is 3. The summed E-state index contributed by atoms with van der Waals surface area (Å²) in [6.07, 6.45) is -12.1. The van der Waals surface area contributed by atoms with Gasteiger partial charge in [0.15, 0.2) is 18.5 Å². The third-order valence-electron chi connectivity index (χ3n) is 3.28. The van der Waals surface area contributed by atoms with Gasteiger partial charge in [-0.15, -0.1) is 0 Å². The van der Waals surface area contributed by atoms with Gasteiger partial charge in [0.1, 0.15) is 18.8 Å². The number of alkyl halides is 3. The van der Waals surface area contributed by atoms with E-state index in [4.69, 9.17) is 18.9 Å². The number of carbonyl (C=O) groups is 4. The van der Waals surface area contributed by atoms with Gasteiger partial charge < -0.3 is 29.4 Å². The number of aliphatic hydroxyl groups excluding tert-OH is 1. The Labute approximate surface area is 150 Å². The molecule has 0 radical (unpaired) electrons. The number of ether oxygens (including phenoxy) is 4. The zero-order valence-corrected chi connectivity index (χ0v) is 14.4. The van der Waals surface area contributed by atoms with Crippen LogP contribution in [0.2, 0.25) is 0 Å². The minimum Gasteiger partial charge on any atom is -0.463 e. The number of hydrogen-bond donors (Lipinski definition) is 2. The first kappa shape index (κ1) is 22.6. The van der Waals surface area contributed by atoms with Crippen molar-refractivity contribution in [3.05, 3.63) is 0 Å². The minimum absolute atomic E-state index is 0.567. The Hall–Kier alpha value is -2.41. The first-order chi connectivity index (χ1) is 12.3. The SMILES string of the molecule is CC(=O)OC[C@H]1O[C@@H](O)[C@@H](NC(=O)C(F)(F)F)[C@@H](OC(C)=O)[C@H]1OC(C)=O. The first-order valence-corrected chi connectivity index (χ1v) is 7.52. The molecule has 0 unspecified atom stereocenters. The molecule has 5 atom stereocenters. The Morgan fingerprint density at radius 2 is 1.52 bits per heavy atom. The lowest BCUT2D eigenvalue weighted by Crippen LogP contribution is -2.67. The maximum absolute atomic E-state index is 12.5. The quantitative estimate of drug-likeness (QED) is 0.447. The van der Waals surface area contributed by atoms with Crippen molar-refractivity contribution in [2.75, 3.05) is 6.61 Å². The van der Waals surface area contributed by atoms with Crippen LogP contribution >= 0.6 is 0 Å². The number of amides is 1. The standard InChI is InChI=1S/C14H18F3NO9/c1-5(19)24-4-8-10(25-6(2)20)11(26-7(3)21)9(12(22)27-8)18-13(23)14(15,16)17/h8-12,22H,4H2,1-3H3,(H,18,23)/t8-,9+,10+,11-,12-/m1/s1. The second-order valence-electron chi connectivity index (χ2n) is 5.51. The van der Waals surface area contributed by atoms with Crippen LogP contribution in [0.25, 0.3) is 0 Å². The molecular weight excluding hydrogens is 383 g/mol. The largest absolute Gasteiger partial charge is 0.471 e. The van der Waals surface area contributed by atoms with E-state index < -0.39 is 67.2 Å². The van der Waals surface area contributed by atoms with Crippen molar-refractivity contribution < 1.29 is 56.4 Å². The van der Waals surface area contributed by atoms with E-state index in [2.05, 4.69) is 0 Å². The number of nitrogens with one attached hydrogen (secondary N) is 1. The van der Waals surface area contributed by atoms with Crippen LogP contribution in [-0.4, -0.2) is 72.3 Å². The van der Waals surface area contributed by atoms with E-state index in [0.717, 1.165) is 20.8 Å². The Morgan fingerprint density at radius 3 is 1.96 bits per heavy atom. The van der Waals surface area contributed by atoms with Crippen LogP contribution in [0.5, 0.6) is 0 Å². The van der Waals surface area contributed by atoms with Gasteiger partial charge in [0, 0.05) is 20.8 Å². The normalized spacial score (nSPS) is 28.0. The van der Waals surface area contributed by atoms with E-state index in [1.165, 1.54) is 5.32 Å². The maximum atomic E-state index is 12.5. The Kier molecular flexibility index (Phi) is 7.54. The molecule has 1 amide bonds. The zero-order chi connectivity index (χ0) is 20.9. The summed E-state index contributed by atoms with van der Waals surface area (Å²) in [4.78, 5) is 44.9. The average Bonchev–Trinajstić information content (AvgIpc) is 2.49. The molecule has 0 aromatic heterocycles. The molecule has 27 heavy (non-hydrogen) atoms. The van der Waals surface area contributed by atoms with E-state index in [1.807, 2.05) is 0 Å². The number of hydrogen-bond acceptors (Lipinski definition) is 9. The van der Waals surface area contributed by atoms with E-state index >= 15 is 0 Å². The summed E-state index contributed by atoms with van der Waals surface area (Å²) in [7, 11) is 0. The molecular formula is C14H18F3NO9. The van der Waals surface area contributed by atoms with E-state index in [1.54, 1.807) is 0 Å². The topological polar surface area (TPSA) is 137 Å². The maximum Gasteiger partial charge on any atom is 0.471 e. The molecule has 13 heteroatoms. The van der Waals surface area contributed by atoms with E-state index in [9.17, 15) is 37.5 Å². The molecule has 2 N–H and O–H groups in total. The van der Waals surface area contributed by atoms with Gasteiger partial charge in [-0.1, -0.05) is 0 Å². The lowest BCUT2D eigenvalue weighted by atomic mass is 9.96. The molecule has 0 bridgehead atoms. The summed E-state index contributed by atoms with van der Waals surface area (Å²) >= 11 is 0. The molecule has 154 valence electrons. The summed E-state index contributed by atoms with van der Waals surface area (Å²) in [5, 5.41) is 11.4. The fourth-order valence-corrected chi connectivity index (χ4v) is 2.31. The smallest absolute Gasteiger partial charge is 0.463 e. The lowest BCUT2D eigenvalue weighted by molar-refractivity contribution is -0.266. The Balaban J connectivity index is 3.18. The van der Waals surface area contributed by atoms with Gasteiger partial charge in [-0.05, 0) is 0 Å². The van der Waals surface area contributed by atoms with Crippen LogP contribution in [0.15, 0.2) is 0 Å². The van der Waals surface area contributed by atoms with Gasteiger partial charge in [-0.25, -0.2) is 0 Å². The molecule has 0 aromatic rings. The third-order valence-corrected chi connectivity index (χ3v) is 3.28. The van der Waals surface area contributed by atoms with E-state index in [0.29, 0.717) is 0 Å². The first-order valence-electron chi connectivity index (χ1n) is 7.52. The Morgan fingerprint density at radius 1 is 1.00 bits per heavy atom. The summed E-state index contributed by atoms with van der Waals surface area (Å²) in [5.74, 6) is -5.12. The monoisotopic (exact) mass is 401 g/mol. The Bertz CT molecular complexity index is 595. The second-order valence-corrected chi connectivity index (χ2v) is 5.51. The average molecular weight is 401 g/mol. The predicted octanol–water partition coefficient (Wildman–Crippen LogP) is -0.823. The van der Waals surface area contributed by atoms with Crippen molar-refractivity contribution in [3.63, 3.8) is 0 Å². The van der Waals surface area contributed by atoms with Gasteiger partial charge in [0.25, 0.3) is 0 Å². The molecule has 0 saturated carbocycles. The van der Waals surface area contributed by atoms with Gasteiger partial charge in [0.05, 0.1) is 0 Å². The van der Waals surface area contributed by atoms with Gasteiger partial charge >= 0.3 is 30.0 Å². The third kappa shape index (κ3) is 6.67. The molecule has 1 aliphatic heterocycles. The van der Waals surface area contributed by atoms with Crippen LogP contribution in [0, 0.1) is 0 Å². The number of carbonyl (C=O) groups excluding carboxylic acids is 4. The summed E-state index contributed by atoms with van der Waals surface area (Å²) in [6.45, 7) is 2.36. The molecule has 0 aromatic carbocycles. The van der Waals surface area contributed by atoms with Crippen LogP contribution < -0.4 is 5.32 Å². The molecule has 1 heterocycles. The highest BCUT2D eigenvalue weighted by molar-refractivity contribution is 5.82. The van der Waals surface area contributed by atoms with Crippen LogP contribution in [0.4, 0.5) is 13.2 Å². The van der Waals surface area contributed by atoms with Gasteiger partial charge in [-0.2, -0.15) is 13.2 Å². The summed E-state index contributed by atoms with van der Waals surface area (Å²) in [5.41, 5.74) is 0. The highest BCUT2D eigenvalue weighted by Gasteiger charge is 2.52. The van der Waals surface area contributed by atoms with Crippen molar-refractivity contribution in [2.24, 2.45) is 0 Å². The van der Waals surface area contributed by atoms with Crippen molar-refractivity contribution in [1.29, 1.82) is 0 Å². The molecule has 1 aliphatic rings. The molecule has 0 aliphatic carbocycles.